The van der Waals surface area contributed by atoms with Crippen LogP contribution in [0.25, 0.3) is 11.0 Å². The van der Waals surface area contributed by atoms with Crippen LogP contribution in [0.2, 0.25) is 0 Å². The van der Waals surface area contributed by atoms with Gasteiger partial charge in [0.15, 0.2) is 11.5 Å². The highest BCUT2D eigenvalue weighted by Gasteiger charge is 2.27. The molecule has 6 heteroatoms. The average molecular weight is 381 g/mol. The molecule has 6 nitrogen and oxygen atoms in total. The van der Waals surface area contributed by atoms with Crippen LogP contribution in [-0.4, -0.2) is 48.8 Å². The topological polar surface area (TPSA) is 59.6 Å². The molecule has 1 saturated heterocycles. The third kappa shape index (κ3) is 3.98. The number of nitrogens with one attached hydrogen (secondary N) is 1. The van der Waals surface area contributed by atoms with Gasteiger partial charge in [0, 0.05) is 30.9 Å². The molecule has 1 aliphatic rings. The molecule has 1 atom stereocenters. The van der Waals surface area contributed by atoms with Gasteiger partial charge in [-0.3, -0.25) is 4.90 Å². The molecule has 1 N–H and O–H groups in total. The summed E-state index contributed by atoms with van der Waals surface area (Å²) < 4.78 is 16.4. The van der Waals surface area contributed by atoms with Gasteiger partial charge in [0.1, 0.15) is 12.3 Å². The molecule has 4 rings (SSSR count). The first-order chi connectivity index (χ1) is 13.8. The fourth-order valence-electron chi connectivity index (χ4n) is 3.93. The van der Waals surface area contributed by atoms with Crippen molar-refractivity contribution in [2.75, 3.05) is 34.0 Å². The van der Waals surface area contributed by atoms with E-state index in [-0.39, 0.29) is 0 Å². The molecule has 0 bridgehead atoms. The van der Waals surface area contributed by atoms with Gasteiger partial charge in [-0.1, -0.05) is 6.07 Å². The maximum Gasteiger partial charge on any atom is 0.161 e. The molecule has 28 heavy (non-hydrogen) atoms. The number of benzene rings is 1. The van der Waals surface area contributed by atoms with E-state index < -0.39 is 0 Å². The van der Waals surface area contributed by atoms with E-state index in [0.717, 1.165) is 36.7 Å². The molecule has 1 aliphatic heterocycles. The number of hydrogen-bond donors (Lipinski definition) is 1. The van der Waals surface area contributed by atoms with Crippen molar-refractivity contribution in [2.45, 2.75) is 25.4 Å². The van der Waals surface area contributed by atoms with Crippen molar-refractivity contribution in [1.82, 2.24) is 14.9 Å². The van der Waals surface area contributed by atoms with Crippen molar-refractivity contribution in [3.8, 4) is 11.5 Å². The Morgan fingerprint density at radius 2 is 2.07 bits per heavy atom. The van der Waals surface area contributed by atoms with Crippen LogP contribution in [0.3, 0.4) is 0 Å². The molecular formula is C22H27N3O3. The lowest BCUT2D eigenvalue weighted by atomic mass is 10.1. The second kappa shape index (κ2) is 8.63. The number of aromatic nitrogens is 2. The Morgan fingerprint density at radius 3 is 2.89 bits per heavy atom. The summed E-state index contributed by atoms with van der Waals surface area (Å²) in [4.78, 5) is 10.5. The smallest absolute Gasteiger partial charge is 0.161 e. The van der Waals surface area contributed by atoms with Gasteiger partial charge < -0.3 is 19.2 Å². The minimum atomic E-state index is 0.383. The largest absolute Gasteiger partial charge is 0.493 e. The van der Waals surface area contributed by atoms with Crippen LogP contribution in [-0.2, 0) is 11.3 Å². The van der Waals surface area contributed by atoms with E-state index >= 15 is 0 Å². The molecule has 2 aromatic heterocycles. The number of rotatable bonds is 8. The standard InChI is InChI=1S/C22H27N3O3/c1-26-11-12-28-21-13-16(7-8-20(21)27-2)15-25-10-4-6-19(25)18-14-17-5-3-9-23-22(17)24-18/h3,5,7-9,13-14,19H,4,6,10-12,15H2,1-2H3,(H,23,24). The average Bonchev–Trinajstić information content (AvgIpc) is 3.34. The fourth-order valence-corrected chi connectivity index (χ4v) is 3.93. The maximum atomic E-state index is 5.84. The first kappa shape index (κ1) is 18.8. The zero-order valence-electron chi connectivity index (χ0n) is 16.5. The highest BCUT2D eigenvalue weighted by atomic mass is 16.5. The molecular weight excluding hydrogens is 354 g/mol. The van der Waals surface area contributed by atoms with E-state index in [1.807, 2.05) is 18.3 Å². The molecule has 1 aromatic carbocycles. The zero-order chi connectivity index (χ0) is 19.3. The van der Waals surface area contributed by atoms with Crippen molar-refractivity contribution in [3.05, 3.63) is 53.9 Å². The summed E-state index contributed by atoms with van der Waals surface area (Å²) in [6.45, 7) is 3.01. The van der Waals surface area contributed by atoms with Crippen LogP contribution in [0.4, 0.5) is 0 Å². The van der Waals surface area contributed by atoms with Crippen molar-refractivity contribution >= 4 is 11.0 Å². The Hall–Kier alpha value is -2.57. The number of likely N-dealkylation sites (tertiary alicyclic amines) is 1. The lowest BCUT2D eigenvalue weighted by Gasteiger charge is -2.24. The molecule has 0 spiro atoms. The fraction of sp³-hybridized carbons (Fsp3) is 0.409. The summed E-state index contributed by atoms with van der Waals surface area (Å²) in [7, 11) is 3.34. The van der Waals surface area contributed by atoms with Crippen LogP contribution in [0.1, 0.15) is 30.1 Å². The van der Waals surface area contributed by atoms with E-state index in [9.17, 15) is 0 Å². The second-order valence-electron chi connectivity index (χ2n) is 7.12. The predicted octanol–water partition coefficient (Wildman–Crippen LogP) is 3.93. The van der Waals surface area contributed by atoms with Crippen molar-refractivity contribution in [3.63, 3.8) is 0 Å². The highest BCUT2D eigenvalue weighted by Crippen LogP contribution is 2.35. The van der Waals surface area contributed by atoms with E-state index in [4.69, 9.17) is 14.2 Å². The summed E-state index contributed by atoms with van der Waals surface area (Å²) >= 11 is 0. The quantitative estimate of drug-likeness (QED) is 0.599. The summed E-state index contributed by atoms with van der Waals surface area (Å²) in [6, 6.07) is 12.9. The Labute approximate surface area is 165 Å². The van der Waals surface area contributed by atoms with Gasteiger partial charge in [-0.2, -0.15) is 0 Å². The molecule has 1 fully saturated rings. The summed E-state index contributed by atoms with van der Waals surface area (Å²) in [5.74, 6) is 1.52. The molecule has 3 aromatic rings. The second-order valence-corrected chi connectivity index (χ2v) is 7.12. The summed E-state index contributed by atoms with van der Waals surface area (Å²) in [6.07, 6.45) is 4.18. The molecule has 0 amide bonds. The lowest BCUT2D eigenvalue weighted by molar-refractivity contribution is 0.144. The Bertz CT molecular complexity index is 891. The Morgan fingerprint density at radius 1 is 1.14 bits per heavy atom. The number of pyridine rings is 1. The number of ether oxygens (including phenoxy) is 3. The first-order valence-electron chi connectivity index (χ1n) is 9.75. The lowest BCUT2D eigenvalue weighted by Crippen LogP contribution is -2.23. The van der Waals surface area contributed by atoms with Gasteiger partial charge in [0.25, 0.3) is 0 Å². The van der Waals surface area contributed by atoms with Gasteiger partial charge in [-0.25, -0.2) is 4.98 Å². The maximum absolute atomic E-state index is 5.84. The molecule has 1 unspecified atom stereocenters. The van der Waals surface area contributed by atoms with Crippen molar-refractivity contribution in [1.29, 1.82) is 0 Å². The van der Waals surface area contributed by atoms with E-state index in [2.05, 4.69) is 39.1 Å². The normalized spacial score (nSPS) is 17.3. The zero-order valence-corrected chi connectivity index (χ0v) is 16.5. The number of aromatic amines is 1. The van der Waals surface area contributed by atoms with Gasteiger partial charge in [0.2, 0.25) is 0 Å². The van der Waals surface area contributed by atoms with E-state index in [1.165, 1.54) is 23.1 Å². The third-order valence-electron chi connectivity index (χ3n) is 5.29. The molecule has 0 radical (unpaired) electrons. The molecule has 148 valence electrons. The van der Waals surface area contributed by atoms with Crippen molar-refractivity contribution < 1.29 is 14.2 Å². The monoisotopic (exact) mass is 381 g/mol. The SMILES string of the molecule is COCCOc1cc(CN2CCCC2c2cc3cccnc3[nH]2)ccc1OC. The Kier molecular flexibility index (Phi) is 5.78. The van der Waals surface area contributed by atoms with Crippen LogP contribution in [0.15, 0.2) is 42.6 Å². The number of fused-ring (bicyclic) bond motifs is 1. The molecule has 0 saturated carbocycles. The van der Waals surface area contributed by atoms with E-state index in [0.29, 0.717) is 19.3 Å². The Balaban J connectivity index is 1.51. The van der Waals surface area contributed by atoms with E-state index in [1.54, 1.807) is 14.2 Å². The van der Waals surface area contributed by atoms with Crippen LogP contribution < -0.4 is 9.47 Å². The van der Waals surface area contributed by atoms with Gasteiger partial charge in [0.05, 0.1) is 19.8 Å². The predicted molar refractivity (Wildman–Crippen MR) is 109 cm³/mol. The number of nitrogens with zero attached hydrogens (tertiary/aromatic N) is 2. The minimum Gasteiger partial charge on any atom is -0.493 e. The van der Waals surface area contributed by atoms with Gasteiger partial charge in [-0.15, -0.1) is 0 Å². The number of H-pyrrole nitrogens is 1. The molecule has 0 aliphatic carbocycles. The minimum absolute atomic E-state index is 0.383. The number of methoxy groups -OCH3 is 2. The molecule has 3 heterocycles. The third-order valence-corrected chi connectivity index (χ3v) is 5.29. The number of hydrogen-bond acceptors (Lipinski definition) is 5. The van der Waals surface area contributed by atoms with Gasteiger partial charge in [-0.05, 0) is 55.3 Å². The van der Waals surface area contributed by atoms with Crippen LogP contribution in [0.5, 0.6) is 11.5 Å². The summed E-state index contributed by atoms with van der Waals surface area (Å²) in [5, 5.41) is 1.17. The van der Waals surface area contributed by atoms with Crippen LogP contribution >= 0.6 is 0 Å². The van der Waals surface area contributed by atoms with Crippen LogP contribution in [0, 0.1) is 0 Å². The van der Waals surface area contributed by atoms with Crippen molar-refractivity contribution in [2.24, 2.45) is 0 Å². The first-order valence-corrected chi connectivity index (χ1v) is 9.75. The highest BCUT2D eigenvalue weighted by molar-refractivity contribution is 5.76. The summed E-state index contributed by atoms with van der Waals surface area (Å²) in [5.41, 5.74) is 3.42. The van der Waals surface area contributed by atoms with Gasteiger partial charge >= 0.3 is 0 Å².